The molecule has 2 aromatic carbocycles. The van der Waals surface area contributed by atoms with Crippen molar-refractivity contribution in [2.45, 2.75) is 13.5 Å². The summed E-state index contributed by atoms with van der Waals surface area (Å²) in [6.07, 6.45) is 0. The molecule has 7 nitrogen and oxygen atoms in total. The summed E-state index contributed by atoms with van der Waals surface area (Å²) in [5.41, 5.74) is 1.85. The molecule has 0 fully saturated rings. The Labute approximate surface area is 184 Å². The third-order valence-corrected chi connectivity index (χ3v) is 7.22. The van der Waals surface area contributed by atoms with E-state index in [2.05, 4.69) is 4.99 Å². The van der Waals surface area contributed by atoms with Gasteiger partial charge in [0.1, 0.15) is 0 Å². The van der Waals surface area contributed by atoms with Gasteiger partial charge in [0.2, 0.25) is 0 Å². The molecule has 0 atom stereocenters. The predicted octanol–water partition coefficient (Wildman–Crippen LogP) is 5.18. The highest BCUT2D eigenvalue weighted by Gasteiger charge is 2.15. The van der Waals surface area contributed by atoms with Gasteiger partial charge in [0.15, 0.2) is 4.80 Å². The molecular weight excluding hydrogens is 446 g/mol. The van der Waals surface area contributed by atoms with E-state index in [9.17, 15) is 14.9 Å². The van der Waals surface area contributed by atoms with E-state index >= 15 is 0 Å². The molecule has 0 aliphatic carbocycles. The average molecular weight is 462 g/mol. The Bertz CT molecular complexity index is 1370. The predicted molar refractivity (Wildman–Crippen MR) is 120 cm³/mol. The van der Waals surface area contributed by atoms with Crippen LogP contribution < -0.4 is 4.80 Å². The Morgan fingerprint density at radius 1 is 1.23 bits per heavy atom. The van der Waals surface area contributed by atoms with E-state index in [1.807, 2.05) is 23.6 Å². The molecule has 30 heavy (non-hydrogen) atoms. The Morgan fingerprint density at radius 3 is 2.73 bits per heavy atom. The van der Waals surface area contributed by atoms with Gasteiger partial charge < -0.3 is 9.30 Å². The number of methoxy groups -OCH3 is 1. The fraction of sp³-hybridized carbons (Fsp3) is 0.200. The first-order valence-corrected chi connectivity index (χ1v) is 10.9. The van der Waals surface area contributed by atoms with Crippen LogP contribution in [-0.4, -0.2) is 29.1 Å². The second-order valence-corrected chi connectivity index (χ2v) is 9.06. The maximum Gasteiger partial charge on any atom is 0.289 e. The van der Waals surface area contributed by atoms with Crippen molar-refractivity contribution in [3.05, 3.63) is 66.8 Å². The van der Waals surface area contributed by atoms with Gasteiger partial charge in [0.25, 0.3) is 11.6 Å². The summed E-state index contributed by atoms with van der Waals surface area (Å²) >= 11 is 8.98. The zero-order valence-electron chi connectivity index (χ0n) is 16.0. The standard InChI is InChI=1S/C20H16ClN3O4S2/c1-11-14(21)4-6-16-18(11)23(7-8-28-2)20(30-16)22-19(25)17-10-12-9-13(24(26)27)3-5-15(12)29-17/h3-6,9-10H,7-8H2,1-2H3. The number of hydrogen-bond acceptors (Lipinski definition) is 6. The van der Waals surface area contributed by atoms with Crippen molar-refractivity contribution in [3.63, 3.8) is 0 Å². The lowest BCUT2D eigenvalue weighted by Gasteiger charge is -2.07. The fourth-order valence-electron chi connectivity index (χ4n) is 3.18. The van der Waals surface area contributed by atoms with Gasteiger partial charge in [-0.2, -0.15) is 4.99 Å². The number of carbonyl (C=O) groups excluding carboxylic acids is 1. The molecule has 154 valence electrons. The Hall–Kier alpha value is -2.59. The van der Waals surface area contributed by atoms with Crippen LogP contribution in [0.1, 0.15) is 15.2 Å². The third kappa shape index (κ3) is 3.77. The lowest BCUT2D eigenvalue weighted by atomic mass is 10.2. The number of nitro groups is 1. The lowest BCUT2D eigenvalue weighted by Crippen LogP contribution is -2.19. The summed E-state index contributed by atoms with van der Waals surface area (Å²) in [5.74, 6) is -0.389. The smallest absolute Gasteiger partial charge is 0.289 e. The summed E-state index contributed by atoms with van der Waals surface area (Å²) < 4.78 is 8.94. The number of amides is 1. The molecule has 0 saturated heterocycles. The van der Waals surface area contributed by atoms with Crippen LogP contribution in [0.5, 0.6) is 0 Å². The number of ether oxygens (including phenoxy) is 1. The summed E-state index contributed by atoms with van der Waals surface area (Å²) in [7, 11) is 1.62. The minimum absolute atomic E-state index is 0.00879. The van der Waals surface area contributed by atoms with E-state index in [4.69, 9.17) is 16.3 Å². The largest absolute Gasteiger partial charge is 0.383 e. The summed E-state index contributed by atoms with van der Waals surface area (Å²) in [5, 5.41) is 12.3. The van der Waals surface area contributed by atoms with Gasteiger partial charge in [0, 0.05) is 40.9 Å². The molecule has 0 unspecified atom stereocenters. The molecule has 10 heteroatoms. The molecular formula is C20H16ClN3O4S2. The SMILES string of the molecule is COCCn1c(=NC(=O)c2cc3cc([N+](=O)[O-])ccc3s2)sc2ccc(Cl)c(C)c21. The summed E-state index contributed by atoms with van der Waals surface area (Å²) in [4.78, 5) is 28.8. The van der Waals surface area contributed by atoms with E-state index < -0.39 is 4.92 Å². The monoisotopic (exact) mass is 461 g/mol. The van der Waals surface area contributed by atoms with Crippen molar-refractivity contribution < 1.29 is 14.5 Å². The Morgan fingerprint density at radius 2 is 2.00 bits per heavy atom. The number of aromatic nitrogens is 1. The molecule has 2 aromatic heterocycles. The van der Waals surface area contributed by atoms with Crippen LogP contribution in [0, 0.1) is 17.0 Å². The molecule has 4 rings (SSSR count). The first kappa shape index (κ1) is 20.7. The number of thiophene rings is 1. The minimum atomic E-state index is -0.452. The number of nitrogens with zero attached hydrogens (tertiary/aromatic N) is 3. The van der Waals surface area contributed by atoms with Crippen LogP contribution in [0.3, 0.4) is 0 Å². The number of non-ortho nitro benzene ring substituents is 1. The molecule has 1 amide bonds. The van der Waals surface area contributed by atoms with Gasteiger partial charge in [-0.15, -0.1) is 11.3 Å². The van der Waals surface area contributed by atoms with E-state index in [-0.39, 0.29) is 11.6 Å². The van der Waals surface area contributed by atoms with Gasteiger partial charge >= 0.3 is 0 Å². The molecule has 0 saturated carbocycles. The molecule has 0 spiro atoms. The maximum absolute atomic E-state index is 12.9. The highest BCUT2D eigenvalue weighted by Crippen LogP contribution is 2.30. The molecule has 0 bridgehead atoms. The summed E-state index contributed by atoms with van der Waals surface area (Å²) in [6.45, 7) is 2.93. The van der Waals surface area contributed by atoms with Crippen LogP contribution in [0.4, 0.5) is 5.69 Å². The number of hydrogen-bond donors (Lipinski definition) is 0. The van der Waals surface area contributed by atoms with Crippen LogP contribution >= 0.6 is 34.3 Å². The second kappa shape index (κ2) is 8.27. The van der Waals surface area contributed by atoms with Crippen molar-refractivity contribution in [1.82, 2.24) is 4.57 Å². The number of fused-ring (bicyclic) bond motifs is 2. The molecule has 0 aliphatic rings. The van der Waals surface area contributed by atoms with Gasteiger partial charge in [0.05, 0.1) is 26.6 Å². The molecule has 0 aliphatic heterocycles. The van der Waals surface area contributed by atoms with Crippen molar-refractivity contribution in [3.8, 4) is 0 Å². The van der Waals surface area contributed by atoms with E-state index in [0.717, 1.165) is 20.5 Å². The van der Waals surface area contributed by atoms with Gasteiger partial charge in [-0.25, -0.2) is 0 Å². The molecule has 2 heterocycles. The number of thiazole rings is 1. The first-order chi connectivity index (χ1) is 14.4. The normalized spacial score (nSPS) is 12.2. The Kier molecular flexibility index (Phi) is 5.70. The Balaban J connectivity index is 1.82. The van der Waals surface area contributed by atoms with Crippen molar-refractivity contribution >= 4 is 66.2 Å². The lowest BCUT2D eigenvalue weighted by molar-refractivity contribution is -0.384. The first-order valence-electron chi connectivity index (χ1n) is 8.93. The number of nitro benzene ring substituents is 1. The zero-order chi connectivity index (χ0) is 21.4. The second-order valence-electron chi connectivity index (χ2n) is 6.56. The van der Waals surface area contributed by atoms with Crippen molar-refractivity contribution in [2.75, 3.05) is 13.7 Å². The molecule has 0 radical (unpaired) electrons. The van der Waals surface area contributed by atoms with Gasteiger partial charge in [-0.05, 0) is 36.8 Å². The van der Waals surface area contributed by atoms with Crippen molar-refractivity contribution in [2.24, 2.45) is 4.99 Å². The number of benzene rings is 2. The minimum Gasteiger partial charge on any atom is -0.383 e. The number of aryl methyl sites for hydroxylation is 1. The number of rotatable bonds is 5. The number of halogens is 1. The third-order valence-electron chi connectivity index (χ3n) is 4.67. The van der Waals surface area contributed by atoms with Gasteiger partial charge in [-0.1, -0.05) is 22.9 Å². The highest BCUT2D eigenvalue weighted by molar-refractivity contribution is 7.21. The van der Waals surface area contributed by atoms with Crippen LogP contribution in [0.15, 0.2) is 41.4 Å². The highest BCUT2D eigenvalue weighted by atomic mass is 35.5. The molecule has 4 aromatic rings. The van der Waals surface area contributed by atoms with E-state index in [1.165, 1.54) is 34.8 Å². The topological polar surface area (TPSA) is 86.7 Å². The quantitative estimate of drug-likeness (QED) is 0.303. The fourth-order valence-corrected chi connectivity index (χ4v) is 5.38. The molecule has 0 N–H and O–H groups in total. The zero-order valence-corrected chi connectivity index (χ0v) is 18.4. The van der Waals surface area contributed by atoms with Crippen LogP contribution in [0.25, 0.3) is 20.3 Å². The summed E-state index contributed by atoms with van der Waals surface area (Å²) in [6, 6.07) is 9.95. The van der Waals surface area contributed by atoms with Crippen molar-refractivity contribution in [1.29, 1.82) is 0 Å². The van der Waals surface area contributed by atoms with Crippen LogP contribution in [0.2, 0.25) is 5.02 Å². The average Bonchev–Trinajstić information content (AvgIpc) is 3.30. The number of carbonyl (C=O) groups is 1. The van der Waals surface area contributed by atoms with Crippen LogP contribution in [-0.2, 0) is 11.3 Å². The maximum atomic E-state index is 12.9. The van der Waals surface area contributed by atoms with E-state index in [1.54, 1.807) is 19.2 Å². The van der Waals surface area contributed by atoms with Gasteiger partial charge in [-0.3, -0.25) is 14.9 Å². The van der Waals surface area contributed by atoms with E-state index in [0.29, 0.717) is 33.2 Å².